The molecule has 0 radical (unpaired) electrons. The molecular formula is C13H19F3N4O. The zero-order chi connectivity index (χ0) is 15.3. The second kappa shape index (κ2) is 7.04. The molecule has 2 heterocycles. The van der Waals surface area contributed by atoms with Gasteiger partial charge in [-0.05, 0) is 31.5 Å². The van der Waals surface area contributed by atoms with Crippen LogP contribution in [-0.4, -0.2) is 49.6 Å². The molecule has 0 amide bonds. The van der Waals surface area contributed by atoms with Crippen molar-refractivity contribution in [3.8, 4) is 0 Å². The molecule has 8 heteroatoms. The summed E-state index contributed by atoms with van der Waals surface area (Å²) in [5.41, 5.74) is -0.975. The Morgan fingerprint density at radius 2 is 2.19 bits per heavy atom. The van der Waals surface area contributed by atoms with Crippen LogP contribution in [0.25, 0.3) is 0 Å². The molecule has 0 aromatic carbocycles. The molecule has 1 aliphatic heterocycles. The van der Waals surface area contributed by atoms with Crippen molar-refractivity contribution in [2.24, 2.45) is 0 Å². The number of anilines is 1. The average molecular weight is 304 g/mol. The standard InChI is InChI=1S/C13H19F3N4O/c1-21-8-7-20(9-10-3-2-6-17-10)12-5-4-11(18-19-12)13(14,15)16/h4-5,10,17H,2-3,6-9H2,1H3. The number of nitrogens with one attached hydrogen (secondary N) is 1. The fourth-order valence-corrected chi connectivity index (χ4v) is 2.32. The highest BCUT2D eigenvalue weighted by molar-refractivity contribution is 5.38. The molecule has 118 valence electrons. The van der Waals surface area contributed by atoms with Crippen molar-refractivity contribution in [3.05, 3.63) is 17.8 Å². The van der Waals surface area contributed by atoms with Gasteiger partial charge in [0.1, 0.15) is 0 Å². The fraction of sp³-hybridized carbons (Fsp3) is 0.692. The lowest BCUT2D eigenvalue weighted by atomic mass is 10.2. The van der Waals surface area contributed by atoms with Gasteiger partial charge < -0.3 is 15.0 Å². The van der Waals surface area contributed by atoms with Crippen LogP contribution in [0.5, 0.6) is 0 Å². The Labute approximate surface area is 121 Å². The number of nitrogens with zero attached hydrogens (tertiary/aromatic N) is 3. The number of ether oxygens (including phenoxy) is 1. The summed E-state index contributed by atoms with van der Waals surface area (Å²) in [7, 11) is 1.59. The van der Waals surface area contributed by atoms with Gasteiger partial charge in [0, 0.05) is 26.2 Å². The van der Waals surface area contributed by atoms with Crippen molar-refractivity contribution in [3.63, 3.8) is 0 Å². The number of hydrogen-bond acceptors (Lipinski definition) is 5. The molecule has 1 aliphatic rings. The summed E-state index contributed by atoms with van der Waals surface area (Å²) >= 11 is 0. The molecule has 2 rings (SSSR count). The second-order valence-corrected chi connectivity index (χ2v) is 5.01. The number of aromatic nitrogens is 2. The van der Waals surface area contributed by atoms with Gasteiger partial charge in [0.05, 0.1) is 6.61 Å². The zero-order valence-corrected chi connectivity index (χ0v) is 11.9. The third-order valence-corrected chi connectivity index (χ3v) is 3.43. The van der Waals surface area contributed by atoms with Crippen molar-refractivity contribution in [2.45, 2.75) is 25.1 Å². The van der Waals surface area contributed by atoms with Gasteiger partial charge in [-0.25, -0.2) is 0 Å². The minimum absolute atomic E-state index is 0.325. The van der Waals surface area contributed by atoms with Gasteiger partial charge >= 0.3 is 6.18 Å². The molecule has 0 aliphatic carbocycles. The van der Waals surface area contributed by atoms with E-state index in [4.69, 9.17) is 4.74 Å². The van der Waals surface area contributed by atoms with Crippen LogP contribution in [0, 0.1) is 0 Å². The normalized spacial score (nSPS) is 19.0. The number of methoxy groups -OCH3 is 1. The zero-order valence-electron chi connectivity index (χ0n) is 11.9. The van der Waals surface area contributed by atoms with Gasteiger partial charge in [-0.2, -0.15) is 13.2 Å². The van der Waals surface area contributed by atoms with Crippen molar-refractivity contribution < 1.29 is 17.9 Å². The summed E-state index contributed by atoms with van der Waals surface area (Å²) in [4.78, 5) is 1.90. The molecule has 1 N–H and O–H groups in total. The summed E-state index contributed by atoms with van der Waals surface area (Å²) in [5.74, 6) is 0.439. The smallest absolute Gasteiger partial charge is 0.383 e. The fourth-order valence-electron chi connectivity index (χ4n) is 2.32. The summed E-state index contributed by atoms with van der Waals surface area (Å²) in [6.07, 6.45) is -2.30. The van der Waals surface area contributed by atoms with E-state index in [1.54, 1.807) is 7.11 Å². The van der Waals surface area contributed by atoms with Gasteiger partial charge in [-0.3, -0.25) is 0 Å². The molecule has 5 nitrogen and oxygen atoms in total. The summed E-state index contributed by atoms with van der Waals surface area (Å²) in [6.45, 7) is 2.70. The summed E-state index contributed by atoms with van der Waals surface area (Å²) in [6, 6.07) is 2.65. The quantitative estimate of drug-likeness (QED) is 0.867. The van der Waals surface area contributed by atoms with Crippen LogP contribution in [0.15, 0.2) is 12.1 Å². The minimum atomic E-state index is -4.46. The first-order valence-electron chi connectivity index (χ1n) is 6.89. The molecule has 1 unspecified atom stereocenters. The van der Waals surface area contributed by atoms with Gasteiger partial charge in [0.2, 0.25) is 0 Å². The van der Waals surface area contributed by atoms with E-state index in [-0.39, 0.29) is 0 Å². The van der Waals surface area contributed by atoms with Crippen LogP contribution in [-0.2, 0) is 10.9 Å². The molecule has 1 saturated heterocycles. The highest BCUT2D eigenvalue weighted by atomic mass is 19.4. The van der Waals surface area contributed by atoms with E-state index in [1.165, 1.54) is 6.07 Å². The van der Waals surface area contributed by atoms with E-state index in [9.17, 15) is 13.2 Å². The monoisotopic (exact) mass is 304 g/mol. The van der Waals surface area contributed by atoms with Gasteiger partial charge in [-0.1, -0.05) is 0 Å². The molecule has 0 spiro atoms. The van der Waals surface area contributed by atoms with Crippen LogP contribution in [0.2, 0.25) is 0 Å². The van der Waals surface area contributed by atoms with E-state index >= 15 is 0 Å². The van der Waals surface area contributed by atoms with Crippen LogP contribution in [0.3, 0.4) is 0 Å². The van der Waals surface area contributed by atoms with Gasteiger partial charge in [0.25, 0.3) is 0 Å². The first-order valence-corrected chi connectivity index (χ1v) is 6.89. The van der Waals surface area contributed by atoms with Crippen LogP contribution in [0.1, 0.15) is 18.5 Å². The topological polar surface area (TPSA) is 50.3 Å². The lowest BCUT2D eigenvalue weighted by Gasteiger charge is -2.26. The Morgan fingerprint density at radius 1 is 1.38 bits per heavy atom. The van der Waals surface area contributed by atoms with E-state index in [0.717, 1.165) is 25.5 Å². The second-order valence-electron chi connectivity index (χ2n) is 5.01. The maximum atomic E-state index is 12.5. The van der Waals surface area contributed by atoms with Crippen molar-refractivity contribution >= 4 is 5.82 Å². The molecule has 1 atom stereocenters. The Bertz CT molecular complexity index is 432. The number of hydrogen-bond donors (Lipinski definition) is 1. The Morgan fingerprint density at radius 3 is 2.71 bits per heavy atom. The van der Waals surface area contributed by atoms with E-state index in [0.29, 0.717) is 31.6 Å². The highest BCUT2D eigenvalue weighted by Gasteiger charge is 2.33. The predicted molar refractivity (Wildman–Crippen MR) is 72.1 cm³/mol. The maximum absolute atomic E-state index is 12.5. The molecular weight excluding hydrogens is 285 g/mol. The molecule has 1 aromatic rings. The van der Waals surface area contributed by atoms with E-state index in [1.807, 2.05) is 4.90 Å². The Balaban J connectivity index is 2.07. The van der Waals surface area contributed by atoms with Crippen LogP contribution < -0.4 is 10.2 Å². The number of rotatable bonds is 6. The van der Waals surface area contributed by atoms with Crippen molar-refractivity contribution in [2.75, 3.05) is 38.3 Å². The van der Waals surface area contributed by atoms with Gasteiger partial charge in [0.15, 0.2) is 11.5 Å². The number of alkyl halides is 3. The van der Waals surface area contributed by atoms with Gasteiger partial charge in [-0.15, -0.1) is 10.2 Å². The minimum Gasteiger partial charge on any atom is -0.383 e. The highest BCUT2D eigenvalue weighted by Crippen LogP contribution is 2.27. The first-order chi connectivity index (χ1) is 10.0. The molecule has 1 aromatic heterocycles. The lowest BCUT2D eigenvalue weighted by molar-refractivity contribution is -0.141. The third kappa shape index (κ3) is 4.53. The van der Waals surface area contributed by atoms with E-state index in [2.05, 4.69) is 15.5 Å². The Hall–Kier alpha value is -1.41. The average Bonchev–Trinajstić information content (AvgIpc) is 2.95. The van der Waals surface area contributed by atoms with Crippen LogP contribution >= 0.6 is 0 Å². The first kappa shape index (κ1) is 16.0. The van der Waals surface area contributed by atoms with E-state index < -0.39 is 11.9 Å². The van der Waals surface area contributed by atoms with Crippen molar-refractivity contribution in [1.29, 1.82) is 0 Å². The third-order valence-electron chi connectivity index (χ3n) is 3.43. The maximum Gasteiger partial charge on any atom is 0.435 e. The molecule has 0 saturated carbocycles. The number of halogens is 3. The van der Waals surface area contributed by atoms with Crippen LogP contribution in [0.4, 0.5) is 19.0 Å². The summed E-state index contributed by atoms with van der Waals surface area (Å²) < 4.78 is 42.6. The largest absolute Gasteiger partial charge is 0.435 e. The lowest BCUT2D eigenvalue weighted by Crippen LogP contribution is -2.39. The van der Waals surface area contributed by atoms with Crippen molar-refractivity contribution in [1.82, 2.24) is 15.5 Å². The summed E-state index contributed by atoms with van der Waals surface area (Å²) in [5, 5.41) is 10.3. The molecule has 21 heavy (non-hydrogen) atoms. The SMILES string of the molecule is COCCN(CC1CCCN1)c1ccc(C(F)(F)F)nn1. The predicted octanol–water partition coefficient (Wildman–Crippen LogP) is 1.70. The Kier molecular flexibility index (Phi) is 5.35. The molecule has 0 bridgehead atoms. The molecule has 1 fully saturated rings.